The molecular weight excluding hydrogens is 383 g/mol. The molecule has 0 bridgehead atoms. The van der Waals surface area contributed by atoms with Gasteiger partial charge in [-0.25, -0.2) is 0 Å². The number of piperazine rings is 1. The average molecular weight is 420 g/mol. The first kappa shape index (κ1) is 21.3. The minimum Gasteiger partial charge on any atom is -0.304 e. The van der Waals surface area contributed by atoms with Gasteiger partial charge in [-0.3, -0.25) is 4.90 Å². The van der Waals surface area contributed by atoms with Crippen molar-refractivity contribution in [1.29, 1.82) is 0 Å². The van der Waals surface area contributed by atoms with E-state index >= 15 is 0 Å². The molecule has 0 aromatic carbocycles. The maximum absolute atomic E-state index is 13.5. The molecule has 4 fully saturated rings. The van der Waals surface area contributed by atoms with Gasteiger partial charge < -0.3 is 9.80 Å². The molecule has 4 rings (SSSR count). The van der Waals surface area contributed by atoms with Crippen molar-refractivity contribution in [1.82, 2.24) is 14.7 Å². The van der Waals surface area contributed by atoms with Crippen LogP contribution in [0.3, 0.4) is 0 Å². The summed E-state index contributed by atoms with van der Waals surface area (Å²) in [6.45, 7) is 6.59. The number of rotatable bonds is 4. The zero-order valence-electron chi connectivity index (χ0n) is 17.2. The van der Waals surface area contributed by atoms with Gasteiger partial charge in [0.15, 0.2) is 0 Å². The standard InChI is InChI=1S/C21H36F3N3S/c1-25-11-13-26(14-12-25)9-4-10-27-17-5-2-3-6-19(17)28-20-8-7-16(15-18(20)27)21(22,23)24/h16-20H,2-15H2,1H3. The Morgan fingerprint density at radius 2 is 1.57 bits per heavy atom. The van der Waals surface area contributed by atoms with E-state index in [1.165, 1.54) is 25.7 Å². The van der Waals surface area contributed by atoms with E-state index in [9.17, 15) is 13.2 Å². The fourth-order valence-electron chi connectivity index (χ4n) is 5.89. The maximum atomic E-state index is 13.5. The maximum Gasteiger partial charge on any atom is 0.391 e. The van der Waals surface area contributed by atoms with E-state index in [4.69, 9.17) is 0 Å². The first-order chi connectivity index (χ1) is 13.4. The van der Waals surface area contributed by atoms with Crippen molar-refractivity contribution in [3.05, 3.63) is 0 Å². The van der Waals surface area contributed by atoms with E-state index in [1.54, 1.807) is 0 Å². The van der Waals surface area contributed by atoms with Crippen LogP contribution in [0.4, 0.5) is 13.2 Å². The Morgan fingerprint density at radius 3 is 2.32 bits per heavy atom. The first-order valence-electron chi connectivity index (χ1n) is 11.3. The zero-order chi connectivity index (χ0) is 19.7. The minimum absolute atomic E-state index is 0.136. The van der Waals surface area contributed by atoms with E-state index in [1.807, 2.05) is 0 Å². The topological polar surface area (TPSA) is 9.72 Å². The van der Waals surface area contributed by atoms with Gasteiger partial charge in [0, 0.05) is 55.3 Å². The smallest absolute Gasteiger partial charge is 0.304 e. The van der Waals surface area contributed by atoms with Gasteiger partial charge in [0.25, 0.3) is 0 Å². The fraction of sp³-hybridized carbons (Fsp3) is 1.00. The highest BCUT2D eigenvalue weighted by Crippen LogP contribution is 2.50. The number of halogens is 3. The van der Waals surface area contributed by atoms with Crippen molar-refractivity contribution in [3.8, 4) is 0 Å². The molecule has 7 heteroatoms. The number of nitrogens with zero attached hydrogens (tertiary/aromatic N) is 3. The Balaban J connectivity index is 1.39. The molecule has 0 amide bonds. The molecule has 0 N–H and O–H groups in total. The molecule has 5 atom stereocenters. The lowest BCUT2D eigenvalue weighted by Gasteiger charge is -2.54. The lowest BCUT2D eigenvalue weighted by atomic mass is 9.81. The highest BCUT2D eigenvalue weighted by molar-refractivity contribution is 8.00. The molecule has 0 radical (unpaired) electrons. The van der Waals surface area contributed by atoms with Gasteiger partial charge in [0.05, 0.1) is 5.92 Å². The zero-order valence-corrected chi connectivity index (χ0v) is 18.0. The molecule has 0 spiro atoms. The van der Waals surface area contributed by atoms with Gasteiger partial charge in [-0.05, 0) is 52.1 Å². The Hall–Kier alpha value is 0.0200. The van der Waals surface area contributed by atoms with Crippen molar-refractivity contribution in [2.75, 3.05) is 46.3 Å². The third-order valence-corrected chi connectivity index (χ3v) is 9.37. The summed E-state index contributed by atoms with van der Waals surface area (Å²) >= 11 is 2.05. The van der Waals surface area contributed by atoms with E-state index in [2.05, 4.69) is 33.5 Å². The number of thioether (sulfide) groups is 1. The van der Waals surface area contributed by atoms with Crippen LogP contribution in [-0.4, -0.2) is 89.8 Å². The normalized spacial score (nSPS) is 38.8. The summed E-state index contributed by atoms with van der Waals surface area (Å²) in [6, 6.07) is 0.650. The van der Waals surface area contributed by atoms with E-state index in [0.29, 0.717) is 29.4 Å². The number of alkyl halides is 3. The lowest BCUT2D eigenvalue weighted by Crippen LogP contribution is -2.60. The lowest BCUT2D eigenvalue weighted by molar-refractivity contribution is -0.187. The second-order valence-electron chi connectivity index (χ2n) is 9.42. The van der Waals surface area contributed by atoms with Crippen molar-refractivity contribution in [2.45, 2.75) is 80.1 Å². The van der Waals surface area contributed by atoms with Crippen LogP contribution >= 0.6 is 11.8 Å². The van der Waals surface area contributed by atoms with Crippen LogP contribution in [0.1, 0.15) is 51.4 Å². The predicted molar refractivity (Wildman–Crippen MR) is 110 cm³/mol. The molecular formula is C21H36F3N3S. The Kier molecular flexibility index (Phi) is 6.85. The van der Waals surface area contributed by atoms with Crippen molar-refractivity contribution in [3.63, 3.8) is 0 Å². The van der Waals surface area contributed by atoms with E-state index < -0.39 is 12.1 Å². The second-order valence-corrected chi connectivity index (χ2v) is 10.9. The Labute approximate surface area is 172 Å². The quantitative estimate of drug-likeness (QED) is 0.679. The number of likely N-dealkylation sites (N-methyl/N-ethyl adjacent to an activating group) is 1. The molecule has 2 aliphatic carbocycles. The van der Waals surface area contributed by atoms with Crippen LogP contribution in [0, 0.1) is 5.92 Å². The molecule has 2 heterocycles. The van der Waals surface area contributed by atoms with Gasteiger partial charge in [-0.1, -0.05) is 12.8 Å². The molecule has 28 heavy (non-hydrogen) atoms. The molecule has 3 nitrogen and oxygen atoms in total. The summed E-state index contributed by atoms with van der Waals surface area (Å²) in [5.74, 6) is -1.09. The van der Waals surface area contributed by atoms with Crippen LogP contribution in [0.25, 0.3) is 0 Å². The summed E-state index contributed by atoms with van der Waals surface area (Å²) in [4.78, 5) is 7.47. The molecule has 4 aliphatic rings. The van der Waals surface area contributed by atoms with Crippen molar-refractivity contribution >= 4 is 11.8 Å². The van der Waals surface area contributed by atoms with Crippen molar-refractivity contribution < 1.29 is 13.2 Å². The SMILES string of the molecule is CN1CCN(CCCN2C3CCCCC3SC3CCC(C(F)(F)F)CC32)CC1. The van der Waals surface area contributed by atoms with E-state index in [-0.39, 0.29) is 6.04 Å². The summed E-state index contributed by atoms with van der Waals surface area (Å²) in [6.07, 6.45) is 3.48. The minimum atomic E-state index is -4.02. The van der Waals surface area contributed by atoms with Gasteiger partial charge in [0.2, 0.25) is 0 Å². The summed E-state index contributed by atoms with van der Waals surface area (Å²) in [7, 11) is 2.17. The van der Waals surface area contributed by atoms with Crippen molar-refractivity contribution in [2.24, 2.45) is 5.92 Å². The van der Waals surface area contributed by atoms with Crippen LogP contribution in [0.2, 0.25) is 0 Å². The van der Waals surface area contributed by atoms with Gasteiger partial charge >= 0.3 is 6.18 Å². The van der Waals surface area contributed by atoms with Gasteiger partial charge in [-0.15, -0.1) is 0 Å². The van der Waals surface area contributed by atoms with Crippen LogP contribution in [0.15, 0.2) is 0 Å². The van der Waals surface area contributed by atoms with Gasteiger partial charge in [0.1, 0.15) is 0 Å². The molecule has 0 aromatic rings. The number of fused-ring (bicyclic) bond motifs is 2. The Bertz CT molecular complexity index is 510. The molecule has 162 valence electrons. The highest BCUT2D eigenvalue weighted by atomic mass is 32.2. The second kappa shape index (κ2) is 9.03. The number of hydrogen-bond donors (Lipinski definition) is 0. The largest absolute Gasteiger partial charge is 0.391 e. The average Bonchev–Trinajstić information content (AvgIpc) is 2.68. The van der Waals surface area contributed by atoms with Crippen LogP contribution in [0.5, 0.6) is 0 Å². The van der Waals surface area contributed by atoms with Crippen LogP contribution in [-0.2, 0) is 0 Å². The van der Waals surface area contributed by atoms with E-state index in [0.717, 1.165) is 52.1 Å². The summed E-state index contributed by atoms with van der Waals surface area (Å²) < 4.78 is 40.4. The number of hydrogen-bond acceptors (Lipinski definition) is 4. The van der Waals surface area contributed by atoms with Gasteiger partial charge in [-0.2, -0.15) is 24.9 Å². The summed E-state index contributed by atoms with van der Waals surface area (Å²) in [5.41, 5.74) is 0. The first-order valence-corrected chi connectivity index (χ1v) is 12.2. The fourth-order valence-corrected chi connectivity index (χ4v) is 7.84. The molecule has 5 unspecified atom stereocenters. The molecule has 2 saturated heterocycles. The highest BCUT2D eigenvalue weighted by Gasteiger charge is 2.51. The molecule has 2 aliphatic heterocycles. The van der Waals surface area contributed by atoms with Crippen LogP contribution < -0.4 is 0 Å². The predicted octanol–water partition coefficient (Wildman–Crippen LogP) is 4.08. The third-order valence-electron chi connectivity index (χ3n) is 7.57. The Morgan fingerprint density at radius 1 is 0.857 bits per heavy atom. The monoisotopic (exact) mass is 419 g/mol. The summed E-state index contributed by atoms with van der Waals surface area (Å²) in [5, 5.41) is 1.07. The molecule has 0 aromatic heterocycles. The molecule has 2 saturated carbocycles. The third kappa shape index (κ3) is 4.84.